The van der Waals surface area contributed by atoms with Gasteiger partial charge in [-0.3, -0.25) is 0 Å². The predicted molar refractivity (Wildman–Crippen MR) is 75.2 cm³/mol. The summed E-state index contributed by atoms with van der Waals surface area (Å²) >= 11 is 2.00. The van der Waals surface area contributed by atoms with Crippen LogP contribution < -0.4 is 5.32 Å². The zero-order valence-corrected chi connectivity index (χ0v) is 11.4. The van der Waals surface area contributed by atoms with Crippen LogP contribution in [0.2, 0.25) is 0 Å². The molecule has 1 aromatic carbocycles. The summed E-state index contributed by atoms with van der Waals surface area (Å²) in [6.07, 6.45) is 1.12. The lowest BCUT2D eigenvalue weighted by Gasteiger charge is -2.18. The third kappa shape index (κ3) is 4.18. The summed E-state index contributed by atoms with van der Waals surface area (Å²) in [6, 6.07) is 9.46. The second kappa shape index (κ2) is 7.75. The van der Waals surface area contributed by atoms with E-state index >= 15 is 0 Å². The van der Waals surface area contributed by atoms with Gasteiger partial charge >= 0.3 is 0 Å². The molecular weight excluding hydrogens is 214 g/mol. The second-order valence-electron chi connectivity index (χ2n) is 3.87. The zero-order valence-electron chi connectivity index (χ0n) is 10.6. The molecule has 0 radical (unpaired) electrons. The van der Waals surface area contributed by atoms with Crippen molar-refractivity contribution in [2.24, 2.45) is 0 Å². The van der Waals surface area contributed by atoms with E-state index in [0.29, 0.717) is 6.04 Å². The molecule has 0 fully saturated rings. The molecule has 0 amide bonds. The average Bonchev–Trinajstić information content (AvgIpc) is 2.34. The summed E-state index contributed by atoms with van der Waals surface area (Å²) in [5.74, 6) is 2.35. The predicted octanol–water partition coefficient (Wildman–Crippen LogP) is 3.65. The quantitative estimate of drug-likeness (QED) is 0.777. The molecule has 0 aliphatic carbocycles. The van der Waals surface area contributed by atoms with Gasteiger partial charge in [-0.2, -0.15) is 11.8 Å². The van der Waals surface area contributed by atoms with E-state index in [2.05, 4.69) is 50.4 Å². The first kappa shape index (κ1) is 13.6. The van der Waals surface area contributed by atoms with Crippen LogP contribution in [0.25, 0.3) is 0 Å². The van der Waals surface area contributed by atoms with Crippen molar-refractivity contribution in [2.45, 2.75) is 33.2 Å². The molecule has 90 valence electrons. The van der Waals surface area contributed by atoms with E-state index in [1.165, 1.54) is 16.9 Å². The molecule has 1 aromatic rings. The first-order valence-corrected chi connectivity index (χ1v) is 7.37. The molecular formula is C14H23NS. The van der Waals surface area contributed by atoms with Gasteiger partial charge in [0.05, 0.1) is 0 Å². The van der Waals surface area contributed by atoms with E-state index in [1.807, 2.05) is 11.8 Å². The van der Waals surface area contributed by atoms with Crippen molar-refractivity contribution in [3.8, 4) is 0 Å². The van der Waals surface area contributed by atoms with Crippen LogP contribution in [0.1, 0.15) is 37.9 Å². The Balaban J connectivity index is 2.73. The summed E-state index contributed by atoms with van der Waals surface area (Å²) in [5, 5.41) is 3.56. The topological polar surface area (TPSA) is 12.0 Å². The summed E-state index contributed by atoms with van der Waals surface area (Å²) in [4.78, 5) is 0. The molecule has 1 rings (SSSR count). The molecule has 1 N–H and O–H groups in total. The summed E-state index contributed by atoms with van der Waals surface area (Å²) < 4.78 is 0. The van der Waals surface area contributed by atoms with Gasteiger partial charge in [0.2, 0.25) is 0 Å². The number of thioether (sulfide) groups is 1. The molecule has 1 atom stereocenters. The van der Waals surface area contributed by atoms with E-state index in [9.17, 15) is 0 Å². The Morgan fingerprint density at radius 2 is 2.06 bits per heavy atom. The highest BCUT2D eigenvalue weighted by Gasteiger charge is 2.09. The van der Waals surface area contributed by atoms with Crippen molar-refractivity contribution in [1.82, 2.24) is 5.32 Å². The van der Waals surface area contributed by atoms with Crippen molar-refractivity contribution in [3.63, 3.8) is 0 Å². The average molecular weight is 237 g/mol. The van der Waals surface area contributed by atoms with Gasteiger partial charge in [0.15, 0.2) is 0 Å². The van der Waals surface area contributed by atoms with Crippen LogP contribution >= 0.6 is 11.8 Å². The van der Waals surface area contributed by atoms with Crippen molar-refractivity contribution >= 4 is 11.8 Å². The van der Waals surface area contributed by atoms with E-state index in [-0.39, 0.29) is 0 Å². The van der Waals surface area contributed by atoms with Crippen LogP contribution in [0, 0.1) is 0 Å². The molecule has 16 heavy (non-hydrogen) atoms. The molecule has 0 aliphatic heterocycles. The highest BCUT2D eigenvalue weighted by Crippen LogP contribution is 2.19. The molecule has 0 aliphatic rings. The van der Waals surface area contributed by atoms with Gasteiger partial charge in [0, 0.05) is 11.8 Å². The standard InChI is InChI=1S/C14H23NS/c1-4-12-8-7-9-13(10-12)14(15-5-2)11-16-6-3/h7-10,14-15H,4-6,11H2,1-3H3. The van der Waals surface area contributed by atoms with Crippen molar-refractivity contribution < 1.29 is 0 Å². The summed E-state index contributed by atoms with van der Waals surface area (Å²) in [5.41, 5.74) is 2.86. The minimum absolute atomic E-state index is 0.501. The number of hydrogen-bond acceptors (Lipinski definition) is 2. The maximum atomic E-state index is 3.56. The molecule has 0 heterocycles. The number of rotatable bonds is 7. The van der Waals surface area contributed by atoms with Crippen LogP contribution in [0.15, 0.2) is 24.3 Å². The molecule has 2 heteroatoms. The molecule has 0 aromatic heterocycles. The van der Waals surface area contributed by atoms with Crippen molar-refractivity contribution in [2.75, 3.05) is 18.1 Å². The van der Waals surface area contributed by atoms with E-state index in [4.69, 9.17) is 0 Å². The Morgan fingerprint density at radius 3 is 2.69 bits per heavy atom. The molecule has 1 nitrogen and oxygen atoms in total. The monoisotopic (exact) mass is 237 g/mol. The van der Waals surface area contributed by atoms with Gasteiger partial charge in [0.1, 0.15) is 0 Å². The lowest BCUT2D eigenvalue weighted by atomic mass is 10.0. The Morgan fingerprint density at radius 1 is 1.25 bits per heavy atom. The third-order valence-corrected chi connectivity index (χ3v) is 3.68. The van der Waals surface area contributed by atoms with Crippen molar-refractivity contribution in [1.29, 1.82) is 0 Å². The summed E-state index contributed by atoms with van der Waals surface area (Å²) in [6.45, 7) is 7.64. The van der Waals surface area contributed by atoms with Gasteiger partial charge in [-0.15, -0.1) is 0 Å². The van der Waals surface area contributed by atoms with Gasteiger partial charge in [0.25, 0.3) is 0 Å². The van der Waals surface area contributed by atoms with Crippen molar-refractivity contribution in [3.05, 3.63) is 35.4 Å². The first-order chi connectivity index (χ1) is 7.81. The first-order valence-electron chi connectivity index (χ1n) is 6.21. The minimum atomic E-state index is 0.501. The Bertz CT molecular complexity index is 299. The minimum Gasteiger partial charge on any atom is -0.310 e. The Hall–Kier alpha value is -0.470. The van der Waals surface area contributed by atoms with Gasteiger partial charge in [-0.1, -0.05) is 45.0 Å². The number of aryl methyl sites for hydroxylation is 1. The number of benzene rings is 1. The van der Waals surface area contributed by atoms with Crippen LogP contribution in [0.4, 0.5) is 0 Å². The number of hydrogen-bond donors (Lipinski definition) is 1. The Kier molecular flexibility index (Phi) is 6.58. The molecule has 0 saturated carbocycles. The van der Waals surface area contributed by atoms with Gasteiger partial charge < -0.3 is 5.32 Å². The molecule has 0 spiro atoms. The van der Waals surface area contributed by atoms with Gasteiger partial charge in [-0.05, 0) is 29.8 Å². The fraction of sp³-hybridized carbons (Fsp3) is 0.571. The van der Waals surface area contributed by atoms with Gasteiger partial charge in [-0.25, -0.2) is 0 Å². The van der Waals surface area contributed by atoms with Crippen LogP contribution in [0.3, 0.4) is 0 Å². The van der Waals surface area contributed by atoms with Crippen LogP contribution in [-0.4, -0.2) is 18.1 Å². The Labute approximate surface area is 104 Å². The third-order valence-electron chi connectivity index (χ3n) is 2.70. The van der Waals surface area contributed by atoms with Crippen LogP contribution in [-0.2, 0) is 6.42 Å². The van der Waals surface area contributed by atoms with E-state index in [0.717, 1.165) is 18.7 Å². The molecule has 0 saturated heterocycles. The molecule has 0 bridgehead atoms. The maximum Gasteiger partial charge on any atom is 0.0411 e. The molecule has 1 unspecified atom stereocenters. The second-order valence-corrected chi connectivity index (χ2v) is 5.19. The highest BCUT2D eigenvalue weighted by atomic mass is 32.2. The number of nitrogens with one attached hydrogen (secondary N) is 1. The zero-order chi connectivity index (χ0) is 11.8. The highest BCUT2D eigenvalue weighted by molar-refractivity contribution is 7.99. The lowest BCUT2D eigenvalue weighted by molar-refractivity contribution is 0.605. The van der Waals surface area contributed by atoms with Crippen LogP contribution in [0.5, 0.6) is 0 Å². The van der Waals surface area contributed by atoms with E-state index < -0.39 is 0 Å². The van der Waals surface area contributed by atoms with E-state index in [1.54, 1.807) is 0 Å². The fourth-order valence-electron chi connectivity index (χ4n) is 1.78. The lowest BCUT2D eigenvalue weighted by Crippen LogP contribution is -2.23. The fourth-order valence-corrected chi connectivity index (χ4v) is 2.57. The normalized spacial score (nSPS) is 12.7. The largest absolute Gasteiger partial charge is 0.310 e. The smallest absolute Gasteiger partial charge is 0.0411 e. The summed E-state index contributed by atoms with van der Waals surface area (Å²) in [7, 11) is 0. The maximum absolute atomic E-state index is 3.56. The SMILES string of the molecule is CCNC(CSCC)c1cccc(CC)c1.